The molecule has 1 aliphatic rings. The topological polar surface area (TPSA) is 66.0 Å². The van der Waals surface area contributed by atoms with Gasteiger partial charge in [0.05, 0.1) is 12.7 Å². The Morgan fingerprint density at radius 2 is 1.93 bits per heavy atom. The highest BCUT2D eigenvalue weighted by Crippen LogP contribution is 2.40. The van der Waals surface area contributed by atoms with Crippen molar-refractivity contribution in [3.8, 4) is 5.75 Å². The lowest BCUT2D eigenvalue weighted by atomic mass is 9.75. The van der Waals surface area contributed by atoms with Crippen LogP contribution in [0.25, 0.3) is 0 Å². The number of carbonyl (C=O) groups is 1. The SMILES string of the molecule is COc1ccc(B2OC(C)(C)C(C)(S)O2)c(CNC(=O)OC(C)(C)C)c1F. The van der Waals surface area contributed by atoms with E-state index in [0.717, 1.165) is 0 Å². The normalized spacial score (nSPS) is 21.9. The number of halogens is 1. The Bertz CT molecular complexity index is 704. The molecule has 1 amide bonds. The zero-order valence-corrected chi connectivity index (χ0v) is 17.7. The molecule has 1 N–H and O–H groups in total. The quantitative estimate of drug-likeness (QED) is 0.602. The first-order chi connectivity index (χ1) is 12.3. The van der Waals surface area contributed by atoms with Gasteiger partial charge in [-0.05, 0) is 53.1 Å². The summed E-state index contributed by atoms with van der Waals surface area (Å²) in [6, 6.07) is 3.15. The Labute approximate surface area is 165 Å². The van der Waals surface area contributed by atoms with Crippen molar-refractivity contribution in [1.82, 2.24) is 5.32 Å². The van der Waals surface area contributed by atoms with Crippen LogP contribution < -0.4 is 15.5 Å². The predicted molar refractivity (Wildman–Crippen MR) is 105 cm³/mol. The van der Waals surface area contributed by atoms with Crippen LogP contribution in [-0.2, 0) is 20.6 Å². The van der Waals surface area contributed by atoms with Gasteiger partial charge in [-0.2, -0.15) is 0 Å². The number of thiol groups is 1. The first kappa shape index (κ1) is 21.9. The van der Waals surface area contributed by atoms with Gasteiger partial charge in [0.25, 0.3) is 0 Å². The number of nitrogens with one attached hydrogen (secondary N) is 1. The van der Waals surface area contributed by atoms with Gasteiger partial charge in [0, 0.05) is 12.1 Å². The third kappa shape index (κ3) is 4.89. The second-order valence-electron chi connectivity index (χ2n) is 8.07. The molecule has 0 aromatic heterocycles. The molecular weight excluding hydrogens is 372 g/mol. The van der Waals surface area contributed by atoms with Crippen LogP contribution in [0.15, 0.2) is 12.1 Å². The number of ether oxygens (including phenoxy) is 2. The van der Waals surface area contributed by atoms with Crippen LogP contribution in [0.2, 0.25) is 0 Å². The van der Waals surface area contributed by atoms with Crippen LogP contribution in [0.3, 0.4) is 0 Å². The summed E-state index contributed by atoms with van der Waals surface area (Å²) in [6.45, 7) is 10.6. The fourth-order valence-electron chi connectivity index (χ4n) is 2.53. The monoisotopic (exact) mass is 399 g/mol. The van der Waals surface area contributed by atoms with E-state index in [0.29, 0.717) is 5.46 Å². The Morgan fingerprint density at radius 1 is 1.30 bits per heavy atom. The first-order valence-corrected chi connectivity index (χ1v) is 9.12. The van der Waals surface area contributed by atoms with E-state index in [1.54, 1.807) is 33.8 Å². The van der Waals surface area contributed by atoms with Crippen molar-refractivity contribution in [1.29, 1.82) is 0 Å². The van der Waals surface area contributed by atoms with Crippen molar-refractivity contribution in [2.75, 3.05) is 7.11 Å². The molecule has 6 nitrogen and oxygen atoms in total. The van der Waals surface area contributed by atoms with Crippen LogP contribution >= 0.6 is 12.6 Å². The van der Waals surface area contributed by atoms with Crippen LogP contribution in [0.5, 0.6) is 5.75 Å². The fraction of sp³-hybridized carbons (Fsp3) is 0.611. The summed E-state index contributed by atoms with van der Waals surface area (Å²) in [5.74, 6) is -0.533. The number of benzene rings is 1. The van der Waals surface area contributed by atoms with Gasteiger partial charge in [0.1, 0.15) is 10.5 Å². The second-order valence-corrected chi connectivity index (χ2v) is 8.92. The number of alkyl carbamates (subject to hydrolysis) is 1. The molecule has 0 saturated carbocycles. The molecule has 1 aliphatic heterocycles. The molecular formula is C18H27BFNO5S. The lowest BCUT2D eigenvalue weighted by Gasteiger charge is -2.31. The Morgan fingerprint density at radius 3 is 2.41 bits per heavy atom. The average molecular weight is 399 g/mol. The van der Waals surface area contributed by atoms with E-state index in [1.807, 2.05) is 13.8 Å². The van der Waals surface area contributed by atoms with E-state index in [2.05, 4.69) is 17.9 Å². The molecule has 2 rings (SSSR count). The minimum absolute atomic E-state index is 0.0608. The van der Waals surface area contributed by atoms with Crippen molar-refractivity contribution >= 4 is 31.3 Å². The number of amides is 1. The molecule has 1 fully saturated rings. The van der Waals surface area contributed by atoms with Crippen LogP contribution in [-0.4, -0.2) is 36.5 Å². The summed E-state index contributed by atoms with van der Waals surface area (Å²) < 4.78 is 37.0. The molecule has 1 aromatic carbocycles. The number of carbonyl (C=O) groups excluding carboxylic acids is 1. The van der Waals surface area contributed by atoms with Gasteiger partial charge in [-0.15, -0.1) is 12.6 Å². The van der Waals surface area contributed by atoms with Crippen molar-refractivity contribution in [3.63, 3.8) is 0 Å². The minimum atomic E-state index is -0.871. The Hall–Kier alpha value is -1.45. The maximum absolute atomic E-state index is 14.9. The lowest BCUT2D eigenvalue weighted by Crippen LogP contribution is -2.40. The first-order valence-electron chi connectivity index (χ1n) is 8.67. The number of hydrogen-bond donors (Lipinski definition) is 2. The third-order valence-electron chi connectivity index (χ3n) is 4.38. The third-order valence-corrected chi connectivity index (χ3v) is 5.03. The minimum Gasteiger partial charge on any atom is -0.494 e. The van der Waals surface area contributed by atoms with Gasteiger partial charge in [-0.25, -0.2) is 9.18 Å². The molecule has 0 spiro atoms. The molecule has 1 atom stereocenters. The summed E-state index contributed by atoms with van der Waals surface area (Å²) in [5.41, 5.74) is -0.704. The average Bonchev–Trinajstić information content (AvgIpc) is 2.72. The van der Waals surface area contributed by atoms with Crippen molar-refractivity contribution < 1.29 is 28.0 Å². The summed E-state index contributed by atoms with van der Waals surface area (Å²) in [6.07, 6.45) is -0.650. The predicted octanol–water partition coefficient (Wildman–Crippen LogP) is 3.03. The van der Waals surface area contributed by atoms with E-state index < -0.39 is 35.2 Å². The molecule has 27 heavy (non-hydrogen) atoms. The number of hydrogen-bond acceptors (Lipinski definition) is 6. The highest BCUT2D eigenvalue weighted by Gasteiger charge is 2.53. The Kier molecular flexibility index (Phi) is 6.09. The molecule has 1 unspecified atom stereocenters. The smallest absolute Gasteiger partial charge is 0.494 e. The molecule has 1 saturated heterocycles. The van der Waals surface area contributed by atoms with Crippen molar-refractivity contribution in [2.24, 2.45) is 0 Å². The molecule has 1 aromatic rings. The summed E-state index contributed by atoms with van der Waals surface area (Å²) in [7, 11) is 0.540. The van der Waals surface area contributed by atoms with Crippen LogP contribution in [0.4, 0.5) is 9.18 Å². The molecule has 0 aliphatic carbocycles. The number of rotatable bonds is 4. The molecule has 0 bridgehead atoms. The van der Waals surface area contributed by atoms with Gasteiger partial charge >= 0.3 is 13.2 Å². The van der Waals surface area contributed by atoms with E-state index >= 15 is 0 Å². The van der Waals surface area contributed by atoms with Crippen molar-refractivity contribution in [3.05, 3.63) is 23.5 Å². The number of methoxy groups -OCH3 is 1. The molecule has 9 heteroatoms. The van der Waals surface area contributed by atoms with Crippen LogP contribution in [0.1, 0.15) is 47.1 Å². The van der Waals surface area contributed by atoms with Crippen molar-refractivity contribution in [2.45, 2.75) is 64.2 Å². The maximum Gasteiger partial charge on any atom is 0.495 e. The lowest BCUT2D eigenvalue weighted by molar-refractivity contribution is 0.0523. The van der Waals surface area contributed by atoms with E-state index in [4.69, 9.17) is 18.8 Å². The summed E-state index contributed by atoms with van der Waals surface area (Å²) in [4.78, 5) is 11.1. The maximum atomic E-state index is 14.9. The molecule has 1 heterocycles. The van der Waals surface area contributed by atoms with Gasteiger partial charge in [0.2, 0.25) is 0 Å². The summed E-state index contributed by atoms with van der Waals surface area (Å²) >= 11 is 4.51. The largest absolute Gasteiger partial charge is 0.495 e. The van der Waals surface area contributed by atoms with Gasteiger partial charge in [0.15, 0.2) is 11.6 Å². The fourth-order valence-corrected chi connectivity index (χ4v) is 2.67. The highest BCUT2D eigenvalue weighted by atomic mass is 32.1. The molecule has 0 radical (unpaired) electrons. The highest BCUT2D eigenvalue weighted by molar-refractivity contribution is 7.81. The zero-order chi connectivity index (χ0) is 20.6. The standard InChI is InChI=1S/C18H27BFNO5S/c1-16(2,3)24-15(22)21-10-11-12(8-9-13(23-7)14(11)20)19-25-17(4,5)18(6,27)26-19/h8-9,27H,10H2,1-7H3,(H,21,22). The summed E-state index contributed by atoms with van der Waals surface area (Å²) in [5, 5.41) is 2.57. The van der Waals surface area contributed by atoms with E-state index in [-0.39, 0.29) is 17.9 Å². The van der Waals surface area contributed by atoms with E-state index in [9.17, 15) is 9.18 Å². The second kappa shape index (κ2) is 7.52. The van der Waals surface area contributed by atoms with Gasteiger partial charge in [-0.3, -0.25) is 0 Å². The van der Waals surface area contributed by atoms with Gasteiger partial charge < -0.3 is 24.1 Å². The Balaban J connectivity index is 2.31. The van der Waals surface area contributed by atoms with Crippen LogP contribution in [0, 0.1) is 5.82 Å². The van der Waals surface area contributed by atoms with Gasteiger partial charge in [-0.1, -0.05) is 6.07 Å². The molecule has 150 valence electrons. The van der Waals surface area contributed by atoms with E-state index in [1.165, 1.54) is 13.2 Å². The zero-order valence-electron chi connectivity index (χ0n) is 16.8.